The number of rotatable bonds is 4. The number of allylic oxidation sites excluding steroid dienone is 3. The van der Waals surface area contributed by atoms with E-state index in [0.29, 0.717) is 44.9 Å². The van der Waals surface area contributed by atoms with Gasteiger partial charge in [0.2, 0.25) is 12.6 Å². The Labute approximate surface area is 243 Å². The molecule has 1 aromatic carbocycles. The van der Waals surface area contributed by atoms with Crippen LogP contribution < -0.4 is 9.47 Å². The van der Waals surface area contributed by atoms with Crippen molar-refractivity contribution in [3.63, 3.8) is 0 Å². The number of esters is 1. The maximum atomic E-state index is 13.9. The number of ether oxygens (including phenoxy) is 4. The van der Waals surface area contributed by atoms with Crippen LogP contribution >= 0.6 is 0 Å². The monoisotopic (exact) mass is 575 g/mol. The van der Waals surface area contributed by atoms with E-state index in [4.69, 9.17) is 18.9 Å². The van der Waals surface area contributed by atoms with E-state index in [0.717, 1.165) is 0 Å². The summed E-state index contributed by atoms with van der Waals surface area (Å²) in [5, 5.41) is 22.1. The van der Waals surface area contributed by atoms with Crippen LogP contribution in [0.5, 0.6) is 17.2 Å². The standard InChI is InChI=1S/C31H33N3O8/c1-7-13(2)31(38)40-11-21-22-16(26(36)15(4)29-30(22)42-12-41-29)9-19-24-23-17(25(35)14(3)28(39-6)27(23)37)8-18(33(24)5)20(10-32)34(19)21/h7,18-21,24,36H,8-9,11-12H2,1-6H3/b13-7+/t18-,19-,20-,21-,24-/m0/s1. The number of ketones is 2. The Kier molecular flexibility index (Phi) is 6.66. The van der Waals surface area contributed by atoms with Crippen molar-refractivity contribution in [2.24, 2.45) is 0 Å². The SMILES string of the molecule is C/C=C(\C)C(=O)OC[C@H]1c2c(c(O)c(C)c3c2OCO3)C[C@H]2[C@H]3C4=C(C[C@@H]([C@H](C#N)N12)N3C)C(=O)C(C)=C(OC)C4=O. The molecule has 11 nitrogen and oxygen atoms in total. The topological polar surface area (TPSA) is 139 Å². The Morgan fingerprint density at radius 2 is 1.88 bits per heavy atom. The summed E-state index contributed by atoms with van der Waals surface area (Å²) in [6.45, 7) is 6.56. The van der Waals surface area contributed by atoms with Gasteiger partial charge in [-0.3, -0.25) is 19.4 Å². The number of carbonyl (C=O) groups excluding carboxylic acids is 3. The summed E-state index contributed by atoms with van der Waals surface area (Å²) in [6.07, 6.45) is 2.11. The van der Waals surface area contributed by atoms with E-state index < -0.39 is 36.2 Å². The van der Waals surface area contributed by atoms with Crippen LogP contribution in [0.15, 0.2) is 34.1 Å². The summed E-state index contributed by atoms with van der Waals surface area (Å²) in [6, 6.07) is -0.520. The van der Waals surface area contributed by atoms with Crippen LogP contribution in [0.25, 0.3) is 0 Å². The van der Waals surface area contributed by atoms with Gasteiger partial charge >= 0.3 is 5.97 Å². The maximum absolute atomic E-state index is 13.9. The first-order valence-electron chi connectivity index (χ1n) is 14.0. The Balaban J connectivity index is 1.56. The third kappa shape index (κ3) is 3.68. The van der Waals surface area contributed by atoms with Gasteiger partial charge in [0.1, 0.15) is 18.4 Å². The number of hydrogen-bond acceptors (Lipinski definition) is 11. The van der Waals surface area contributed by atoms with Crippen molar-refractivity contribution in [2.75, 3.05) is 27.6 Å². The second kappa shape index (κ2) is 10.00. The number of likely N-dealkylation sites (N-methyl/N-ethyl adjacent to an activating group) is 1. The fraction of sp³-hybridized carbons (Fsp3) is 0.484. The highest BCUT2D eigenvalue weighted by atomic mass is 16.7. The van der Waals surface area contributed by atoms with E-state index in [2.05, 4.69) is 6.07 Å². The molecule has 5 aliphatic rings. The first-order valence-corrected chi connectivity index (χ1v) is 14.0. The molecule has 5 atom stereocenters. The van der Waals surface area contributed by atoms with Gasteiger partial charge in [-0.1, -0.05) is 6.08 Å². The van der Waals surface area contributed by atoms with Crippen LogP contribution in [0.3, 0.4) is 0 Å². The number of phenols is 1. The van der Waals surface area contributed by atoms with Gasteiger partial charge in [-0.2, -0.15) is 5.26 Å². The predicted molar refractivity (Wildman–Crippen MR) is 148 cm³/mol. The van der Waals surface area contributed by atoms with Crippen LogP contribution in [0.1, 0.15) is 49.9 Å². The molecule has 1 fully saturated rings. The van der Waals surface area contributed by atoms with Crippen LogP contribution in [0, 0.1) is 18.3 Å². The minimum atomic E-state index is -0.734. The third-order valence-electron chi connectivity index (χ3n) is 9.57. The fourth-order valence-electron chi connectivity index (χ4n) is 7.40. The number of fused-ring (bicyclic) bond motifs is 8. The molecule has 1 aromatic rings. The average molecular weight is 576 g/mol. The summed E-state index contributed by atoms with van der Waals surface area (Å²) in [4.78, 5) is 44.2. The zero-order chi connectivity index (χ0) is 30.2. The van der Waals surface area contributed by atoms with Gasteiger partial charge in [-0.25, -0.2) is 4.79 Å². The zero-order valence-electron chi connectivity index (χ0n) is 24.4. The van der Waals surface area contributed by atoms with Crippen LogP contribution in [0.2, 0.25) is 0 Å². The highest BCUT2D eigenvalue weighted by molar-refractivity contribution is 6.25. The van der Waals surface area contributed by atoms with Crippen LogP contribution in [-0.2, 0) is 30.3 Å². The second-order valence-corrected chi connectivity index (χ2v) is 11.4. The Bertz CT molecular complexity index is 1580. The van der Waals surface area contributed by atoms with Crippen molar-refractivity contribution < 1.29 is 38.4 Å². The number of benzene rings is 1. The molecule has 11 heteroatoms. The average Bonchev–Trinajstić information content (AvgIpc) is 3.47. The van der Waals surface area contributed by atoms with E-state index in [1.54, 1.807) is 33.8 Å². The number of Topliss-reactive ketones (excluding diaryl/α,β-unsaturated/α-hetero) is 2. The van der Waals surface area contributed by atoms with Gasteiger partial charge in [0.15, 0.2) is 23.0 Å². The number of methoxy groups -OCH3 is 1. The quantitative estimate of drug-likeness (QED) is 0.322. The normalized spacial score (nSPS) is 28.7. The van der Waals surface area contributed by atoms with Gasteiger partial charge in [-0.15, -0.1) is 0 Å². The number of phenolic OH excluding ortho intramolecular Hbond substituents is 1. The van der Waals surface area contributed by atoms with E-state index in [9.17, 15) is 24.8 Å². The molecule has 0 radical (unpaired) electrons. The first-order chi connectivity index (χ1) is 20.1. The van der Waals surface area contributed by atoms with Gasteiger partial charge in [0.05, 0.1) is 25.3 Å². The lowest BCUT2D eigenvalue weighted by Crippen LogP contribution is -2.72. The Hall–Kier alpha value is -4.14. The van der Waals surface area contributed by atoms with Crippen molar-refractivity contribution >= 4 is 17.5 Å². The Morgan fingerprint density at radius 1 is 1.17 bits per heavy atom. The van der Waals surface area contributed by atoms with Gasteiger partial charge < -0.3 is 24.1 Å². The molecule has 0 saturated carbocycles. The molecule has 6 rings (SSSR count). The fourth-order valence-corrected chi connectivity index (χ4v) is 7.40. The Morgan fingerprint density at radius 3 is 2.55 bits per heavy atom. The van der Waals surface area contributed by atoms with E-state index in [1.165, 1.54) is 7.11 Å². The largest absolute Gasteiger partial charge is 0.507 e. The molecule has 220 valence electrons. The molecule has 0 spiro atoms. The smallest absolute Gasteiger partial charge is 0.333 e. The number of aromatic hydroxyl groups is 1. The lowest BCUT2D eigenvalue weighted by atomic mass is 9.69. The summed E-state index contributed by atoms with van der Waals surface area (Å²) in [5.74, 6) is -0.191. The highest BCUT2D eigenvalue weighted by Gasteiger charge is 2.59. The summed E-state index contributed by atoms with van der Waals surface area (Å²) in [5.41, 5.74) is 3.15. The number of nitriles is 1. The molecule has 1 saturated heterocycles. The molecular formula is C31H33N3O8. The van der Waals surface area contributed by atoms with Gasteiger partial charge in [-0.05, 0) is 47.6 Å². The molecule has 0 amide bonds. The van der Waals surface area contributed by atoms with Crippen molar-refractivity contribution in [3.05, 3.63) is 50.8 Å². The molecule has 2 bridgehead atoms. The van der Waals surface area contributed by atoms with E-state index in [1.807, 2.05) is 16.8 Å². The molecule has 4 heterocycles. The summed E-state index contributed by atoms with van der Waals surface area (Å²) >= 11 is 0. The van der Waals surface area contributed by atoms with E-state index in [-0.39, 0.29) is 54.9 Å². The first kappa shape index (κ1) is 28.0. The number of carbonyl (C=O) groups is 3. The van der Waals surface area contributed by atoms with Gasteiger partial charge in [0.25, 0.3) is 0 Å². The zero-order valence-corrected chi connectivity index (χ0v) is 24.4. The number of nitrogens with zero attached hydrogens (tertiary/aromatic N) is 3. The van der Waals surface area contributed by atoms with Crippen molar-refractivity contribution in [1.82, 2.24) is 9.80 Å². The highest BCUT2D eigenvalue weighted by Crippen LogP contribution is 2.56. The maximum Gasteiger partial charge on any atom is 0.333 e. The minimum Gasteiger partial charge on any atom is -0.507 e. The third-order valence-corrected chi connectivity index (χ3v) is 9.57. The molecule has 0 unspecified atom stereocenters. The van der Waals surface area contributed by atoms with Gasteiger partial charge in [0, 0.05) is 51.1 Å². The minimum absolute atomic E-state index is 0.0186. The summed E-state index contributed by atoms with van der Waals surface area (Å²) < 4.78 is 22.8. The molecule has 1 aliphatic carbocycles. The van der Waals surface area contributed by atoms with E-state index >= 15 is 0 Å². The molecule has 4 aliphatic heterocycles. The van der Waals surface area contributed by atoms with Crippen molar-refractivity contribution in [1.29, 1.82) is 5.26 Å². The molecular weight excluding hydrogens is 542 g/mol. The summed E-state index contributed by atoms with van der Waals surface area (Å²) in [7, 11) is 3.24. The van der Waals surface area contributed by atoms with Crippen molar-refractivity contribution in [2.45, 2.75) is 70.7 Å². The van der Waals surface area contributed by atoms with Crippen LogP contribution in [0.4, 0.5) is 0 Å². The van der Waals surface area contributed by atoms with Crippen LogP contribution in [-0.4, -0.2) is 84.2 Å². The molecule has 0 aromatic heterocycles. The lowest BCUT2D eigenvalue weighted by Gasteiger charge is -2.60. The second-order valence-electron chi connectivity index (χ2n) is 11.4. The molecule has 1 N–H and O–H groups in total. The lowest BCUT2D eigenvalue weighted by molar-refractivity contribution is -0.144. The number of piperazine rings is 1. The predicted octanol–water partition coefficient (Wildman–Crippen LogP) is 2.55. The molecule has 42 heavy (non-hydrogen) atoms. The van der Waals surface area contributed by atoms with Crippen molar-refractivity contribution in [3.8, 4) is 23.3 Å². The number of hydrogen-bond donors (Lipinski definition) is 1.